The van der Waals surface area contributed by atoms with Crippen LogP contribution in [0.4, 0.5) is 0 Å². The Hall–Kier alpha value is -1.91. The van der Waals surface area contributed by atoms with Crippen LogP contribution in [0, 0.1) is 0 Å². The highest BCUT2D eigenvalue weighted by Crippen LogP contribution is 2.00. The first-order valence-electron chi connectivity index (χ1n) is 6.44. The monoisotopic (exact) mass is 263 g/mol. The van der Waals surface area contributed by atoms with Gasteiger partial charge in [0.15, 0.2) is 0 Å². The van der Waals surface area contributed by atoms with E-state index in [1.165, 1.54) is 6.92 Å². The second-order valence-electron chi connectivity index (χ2n) is 4.65. The van der Waals surface area contributed by atoms with E-state index >= 15 is 0 Å². The molecular weight excluding hydrogens is 242 g/mol. The van der Waals surface area contributed by atoms with E-state index in [4.69, 9.17) is 0 Å². The lowest BCUT2D eigenvalue weighted by molar-refractivity contribution is -0.131. The van der Waals surface area contributed by atoms with Gasteiger partial charge in [-0.05, 0) is 26.0 Å². The molecule has 19 heavy (non-hydrogen) atoms. The lowest BCUT2D eigenvalue weighted by Crippen LogP contribution is -2.38. The van der Waals surface area contributed by atoms with Crippen LogP contribution in [0.25, 0.3) is 0 Å². The standard InChI is InChI=1S/C14H21N3O2/c1-11(2)17(12(3)18)9-7-14(19)16-10-13-6-4-5-8-15-13/h4-6,8,11H,7,9-10H2,1-3H3,(H,16,19). The highest BCUT2D eigenvalue weighted by atomic mass is 16.2. The molecule has 0 unspecified atom stereocenters. The summed E-state index contributed by atoms with van der Waals surface area (Å²) in [5.41, 5.74) is 0.822. The topological polar surface area (TPSA) is 62.3 Å². The largest absolute Gasteiger partial charge is 0.350 e. The van der Waals surface area contributed by atoms with Crippen LogP contribution in [0.2, 0.25) is 0 Å². The Labute approximate surface area is 114 Å². The van der Waals surface area contributed by atoms with Gasteiger partial charge in [0.25, 0.3) is 0 Å². The Morgan fingerprint density at radius 2 is 2.11 bits per heavy atom. The average Bonchev–Trinajstić information content (AvgIpc) is 2.37. The lowest BCUT2D eigenvalue weighted by Gasteiger charge is -2.24. The molecule has 0 spiro atoms. The van der Waals surface area contributed by atoms with Crippen LogP contribution < -0.4 is 5.32 Å². The Balaban J connectivity index is 2.33. The van der Waals surface area contributed by atoms with Gasteiger partial charge in [-0.3, -0.25) is 14.6 Å². The number of aromatic nitrogens is 1. The van der Waals surface area contributed by atoms with Crippen molar-refractivity contribution in [2.24, 2.45) is 0 Å². The summed E-state index contributed by atoms with van der Waals surface area (Å²) >= 11 is 0. The molecule has 1 rings (SSSR count). The zero-order chi connectivity index (χ0) is 14.3. The van der Waals surface area contributed by atoms with E-state index in [2.05, 4.69) is 10.3 Å². The summed E-state index contributed by atoms with van der Waals surface area (Å²) in [7, 11) is 0. The maximum absolute atomic E-state index is 11.7. The van der Waals surface area contributed by atoms with Crippen molar-refractivity contribution < 1.29 is 9.59 Å². The van der Waals surface area contributed by atoms with Gasteiger partial charge in [-0.1, -0.05) is 6.07 Å². The molecule has 1 heterocycles. The van der Waals surface area contributed by atoms with Gasteiger partial charge in [-0.25, -0.2) is 0 Å². The van der Waals surface area contributed by atoms with Crippen molar-refractivity contribution in [3.05, 3.63) is 30.1 Å². The van der Waals surface area contributed by atoms with Gasteiger partial charge in [0, 0.05) is 32.1 Å². The molecule has 0 saturated carbocycles. The smallest absolute Gasteiger partial charge is 0.222 e. The molecular formula is C14H21N3O2. The first kappa shape index (κ1) is 15.1. The number of rotatable bonds is 6. The molecule has 0 aromatic carbocycles. The van der Waals surface area contributed by atoms with Gasteiger partial charge >= 0.3 is 0 Å². The molecule has 0 aliphatic carbocycles. The molecule has 0 atom stereocenters. The maximum Gasteiger partial charge on any atom is 0.222 e. The van der Waals surface area contributed by atoms with E-state index in [9.17, 15) is 9.59 Å². The summed E-state index contributed by atoms with van der Waals surface area (Å²) in [5.74, 6) is -0.0786. The maximum atomic E-state index is 11.7. The number of nitrogens with zero attached hydrogens (tertiary/aromatic N) is 2. The Bertz CT molecular complexity index is 418. The zero-order valence-electron chi connectivity index (χ0n) is 11.7. The van der Waals surface area contributed by atoms with E-state index in [0.29, 0.717) is 19.5 Å². The Kier molecular flexibility index (Phi) is 5.99. The summed E-state index contributed by atoms with van der Waals surface area (Å²) in [6.45, 7) is 6.26. The van der Waals surface area contributed by atoms with Crippen LogP contribution in [0.1, 0.15) is 32.9 Å². The number of nitrogens with one attached hydrogen (secondary N) is 1. The van der Waals surface area contributed by atoms with Gasteiger partial charge in [0.05, 0.1) is 12.2 Å². The van der Waals surface area contributed by atoms with Crippen LogP contribution in [0.5, 0.6) is 0 Å². The minimum atomic E-state index is -0.0717. The van der Waals surface area contributed by atoms with Crippen molar-refractivity contribution in [3.8, 4) is 0 Å². The van der Waals surface area contributed by atoms with Crippen molar-refractivity contribution in [2.75, 3.05) is 6.54 Å². The first-order chi connectivity index (χ1) is 9.00. The molecule has 5 nitrogen and oxygen atoms in total. The number of hydrogen-bond acceptors (Lipinski definition) is 3. The van der Waals surface area contributed by atoms with Gasteiger partial charge in [0.2, 0.25) is 11.8 Å². The Morgan fingerprint density at radius 3 is 2.63 bits per heavy atom. The first-order valence-corrected chi connectivity index (χ1v) is 6.44. The van der Waals surface area contributed by atoms with Crippen LogP contribution in [-0.2, 0) is 16.1 Å². The number of carbonyl (C=O) groups is 2. The molecule has 104 valence electrons. The summed E-state index contributed by atoms with van der Waals surface area (Å²) in [4.78, 5) is 28.9. The van der Waals surface area contributed by atoms with Gasteiger partial charge in [0.1, 0.15) is 0 Å². The predicted octanol–water partition coefficient (Wildman–Crippen LogP) is 1.34. The molecule has 1 N–H and O–H groups in total. The van der Waals surface area contributed by atoms with Crippen molar-refractivity contribution in [1.82, 2.24) is 15.2 Å². The summed E-state index contributed by atoms with van der Waals surface area (Å²) < 4.78 is 0. The van der Waals surface area contributed by atoms with Crippen molar-refractivity contribution in [3.63, 3.8) is 0 Å². The fourth-order valence-corrected chi connectivity index (χ4v) is 1.78. The molecule has 0 aliphatic rings. The highest BCUT2D eigenvalue weighted by molar-refractivity contribution is 5.78. The summed E-state index contributed by atoms with van der Waals surface area (Å²) in [5, 5.41) is 2.79. The third kappa shape index (κ3) is 5.50. The van der Waals surface area contributed by atoms with Gasteiger partial charge < -0.3 is 10.2 Å². The van der Waals surface area contributed by atoms with Crippen LogP contribution in [0.15, 0.2) is 24.4 Å². The molecule has 5 heteroatoms. The number of pyridine rings is 1. The Morgan fingerprint density at radius 1 is 1.37 bits per heavy atom. The number of hydrogen-bond donors (Lipinski definition) is 1. The van der Waals surface area contributed by atoms with E-state index in [1.807, 2.05) is 32.0 Å². The summed E-state index contributed by atoms with van der Waals surface area (Å²) in [6, 6.07) is 5.68. The summed E-state index contributed by atoms with van der Waals surface area (Å²) in [6.07, 6.45) is 2.00. The van der Waals surface area contributed by atoms with Crippen molar-refractivity contribution >= 4 is 11.8 Å². The molecule has 0 aliphatic heterocycles. The number of carbonyl (C=O) groups excluding carboxylic acids is 2. The molecule has 0 radical (unpaired) electrons. The zero-order valence-corrected chi connectivity index (χ0v) is 11.7. The van der Waals surface area contributed by atoms with Crippen LogP contribution in [-0.4, -0.2) is 34.3 Å². The molecule has 1 aromatic rings. The predicted molar refractivity (Wildman–Crippen MR) is 73.2 cm³/mol. The lowest BCUT2D eigenvalue weighted by atomic mass is 10.2. The minimum Gasteiger partial charge on any atom is -0.350 e. The van der Waals surface area contributed by atoms with Gasteiger partial charge in [-0.15, -0.1) is 0 Å². The fraction of sp³-hybridized carbons (Fsp3) is 0.500. The number of amides is 2. The van der Waals surface area contributed by atoms with Crippen LogP contribution in [0.3, 0.4) is 0 Å². The molecule has 0 saturated heterocycles. The van der Waals surface area contributed by atoms with E-state index < -0.39 is 0 Å². The SMILES string of the molecule is CC(=O)N(CCC(=O)NCc1ccccn1)C(C)C. The van der Waals surface area contributed by atoms with Gasteiger partial charge in [-0.2, -0.15) is 0 Å². The molecule has 2 amide bonds. The fourth-order valence-electron chi connectivity index (χ4n) is 1.78. The normalized spacial score (nSPS) is 10.3. The van der Waals surface area contributed by atoms with E-state index in [0.717, 1.165) is 5.69 Å². The average molecular weight is 263 g/mol. The third-order valence-electron chi connectivity index (χ3n) is 2.80. The van der Waals surface area contributed by atoms with E-state index in [1.54, 1.807) is 11.1 Å². The second kappa shape index (κ2) is 7.51. The molecule has 0 fully saturated rings. The highest BCUT2D eigenvalue weighted by Gasteiger charge is 2.13. The molecule has 0 bridgehead atoms. The quantitative estimate of drug-likeness (QED) is 0.842. The van der Waals surface area contributed by atoms with Crippen molar-refractivity contribution in [2.45, 2.75) is 39.8 Å². The van der Waals surface area contributed by atoms with E-state index in [-0.39, 0.29) is 17.9 Å². The van der Waals surface area contributed by atoms with Crippen molar-refractivity contribution in [1.29, 1.82) is 0 Å². The van der Waals surface area contributed by atoms with Crippen LogP contribution >= 0.6 is 0 Å². The minimum absolute atomic E-state index is 0.00692. The third-order valence-corrected chi connectivity index (χ3v) is 2.80. The molecule has 1 aromatic heterocycles. The second-order valence-corrected chi connectivity index (χ2v) is 4.65.